The van der Waals surface area contributed by atoms with Gasteiger partial charge in [0.15, 0.2) is 0 Å². The Hall–Kier alpha value is -6.28. The molecule has 0 aliphatic heterocycles. The molecule has 1 aliphatic carbocycles. The van der Waals surface area contributed by atoms with Crippen LogP contribution in [0.3, 0.4) is 0 Å². The third kappa shape index (κ3) is 5.06. The topological polar surface area (TPSA) is 105 Å². The van der Waals surface area contributed by atoms with Crippen molar-refractivity contribution < 1.29 is 19.3 Å². The number of nitrogens with zero attached hydrogens (tertiary/aromatic N) is 2. The van der Waals surface area contributed by atoms with E-state index in [9.17, 15) is 20.2 Å². The zero-order valence-corrected chi connectivity index (χ0v) is 25.5. The van der Waals surface area contributed by atoms with E-state index in [4.69, 9.17) is 9.47 Å². The molecule has 47 heavy (non-hydrogen) atoms. The third-order valence-electron chi connectivity index (χ3n) is 8.73. The summed E-state index contributed by atoms with van der Waals surface area (Å²) in [6, 6.07) is 42.3. The van der Waals surface area contributed by atoms with Gasteiger partial charge in [0.05, 0.1) is 15.3 Å². The highest BCUT2D eigenvalue weighted by atomic mass is 16.6. The number of rotatable bonds is 8. The Kier molecular flexibility index (Phi) is 7.25. The number of hydrogen-bond donors (Lipinski definition) is 0. The van der Waals surface area contributed by atoms with Gasteiger partial charge >= 0.3 is 0 Å². The summed E-state index contributed by atoms with van der Waals surface area (Å²) in [7, 11) is 0. The lowest BCUT2D eigenvalue weighted by Gasteiger charge is -2.34. The van der Waals surface area contributed by atoms with Crippen molar-refractivity contribution in [3.63, 3.8) is 0 Å². The molecular weight excluding hydrogens is 592 g/mol. The molecule has 1 aliphatic rings. The molecule has 0 amide bonds. The maximum atomic E-state index is 11.3. The Morgan fingerprint density at radius 3 is 1.21 bits per heavy atom. The molecule has 0 saturated heterocycles. The van der Waals surface area contributed by atoms with Crippen LogP contribution in [-0.4, -0.2) is 9.85 Å². The van der Waals surface area contributed by atoms with Gasteiger partial charge in [0.25, 0.3) is 11.4 Å². The van der Waals surface area contributed by atoms with Crippen molar-refractivity contribution in [2.45, 2.75) is 19.3 Å². The first-order chi connectivity index (χ1) is 22.8. The molecule has 230 valence electrons. The number of benzene rings is 6. The fourth-order valence-corrected chi connectivity index (χ4v) is 6.63. The monoisotopic (exact) mass is 620 g/mol. The lowest BCUT2D eigenvalue weighted by atomic mass is 9.68. The average molecular weight is 621 g/mol. The summed E-state index contributed by atoms with van der Waals surface area (Å²) < 4.78 is 12.2. The van der Waals surface area contributed by atoms with Crippen molar-refractivity contribution in [3.8, 4) is 34.1 Å². The largest absolute Gasteiger partial charge is 0.457 e. The van der Waals surface area contributed by atoms with Crippen molar-refractivity contribution in [2.75, 3.05) is 0 Å². The van der Waals surface area contributed by atoms with Gasteiger partial charge < -0.3 is 9.47 Å². The molecule has 0 spiro atoms. The van der Waals surface area contributed by atoms with Crippen LogP contribution in [-0.2, 0) is 5.41 Å². The second kappa shape index (κ2) is 11.6. The lowest BCUT2D eigenvalue weighted by molar-refractivity contribution is -0.385. The Morgan fingerprint density at radius 2 is 0.851 bits per heavy atom. The summed E-state index contributed by atoms with van der Waals surface area (Å²) in [4.78, 5) is 21.7. The van der Waals surface area contributed by atoms with Gasteiger partial charge in [0, 0.05) is 23.3 Å². The molecule has 0 unspecified atom stereocenters. The fourth-order valence-electron chi connectivity index (χ4n) is 6.63. The van der Waals surface area contributed by atoms with Crippen LogP contribution in [0.1, 0.15) is 33.4 Å². The van der Waals surface area contributed by atoms with Crippen LogP contribution >= 0.6 is 0 Å². The minimum absolute atomic E-state index is 0.0486. The van der Waals surface area contributed by atoms with Crippen molar-refractivity contribution in [2.24, 2.45) is 0 Å². The Labute approximate surface area is 270 Å². The van der Waals surface area contributed by atoms with Crippen molar-refractivity contribution >= 4 is 11.4 Å². The summed E-state index contributed by atoms with van der Waals surface area (Å²) in [5.74, 6) is 2.26. The second-order valence-electron chi connectivity index (χ2n) is 11.5. The Balaban J connectivity index is 1.29. The number of nitro benzene ring substituents is 2. The molecule has 0 atom stereocenters. The van der Waals surface area contributed by atoms with E-state index in [0.29, 0.717) is 34.1 Å². The van der Waals surface area contributed by atoms with E-state index in [-0.39, 0.29) is 11.4 Å². The van der Waals surface area contributed by atoms with Gasteiger partial charge in [0.1, 0.15) is 23.0 Å². The molecule has 8 nitrogen and oxygen atoms in total. The maximum Gasteiger partial charge on any atom is 0.272 e. The molecule has 0 saturated carbocycles. The van der Waals surface area contributed by atoms with Crippen molar-refractivity contribution in [1.82, 2.24) is 0 Å². The molecule has 0 aromatic heterocycles. The fraction of sp³-hybridized carbons (Fsp3) is 0.0769. The first kappa shape index (κ1) is 29.4. The molecule has 0 heterocycles. The lowest BCUT2D eigenvalue weighted by Crippen LogP contribution is -2.28. The average Bonchev–Trinajstić information content (AvgIpc) is 3.36. The van der Waals surface area contributed by atoms with E-state index in [1.807, 2.05) is 24.3 Å². The number of hydrogen-bond acceptors (Lipinski definition) is 6. The Morgan fingerprint density at radius 1 is 0.489 bits per heavy atom. The van der Waals surface area contributed by atoms with Crippen LogP contribution in [0.25, 0.3) is 11.1 Å². The van der Waals surface area contributed by atoms with Gasteiger partial charge in [-0.2, -0.15) is 0 Å². The molecular formula is C39H28N2O6. The standard InChI is InChI=1S/C39H28N2O6/c1-25-23-31(19-21-37(25)40(42)43)46-29-15-11-27(12-16-29)39(35-9-5-3-7-33(35)34-8-4-6-10-36(34)39)28-13-17-30(18-14-28)47-32-20-22-38(41(44)45)26(2)24-32/h3-24H,1-2H3. The minimum atomic E-state index is -0.641. The highest BCUT2D eigenvalue weighted by Gasteiger charge is 2.45. The first-order valence-electron chi connectivity index (χ1n) is 15.0. The van der Waals surface area contributed by atoms with E-state index in [1.54, 1.807) is 38.1 Å². The molecule has 0 radical (unpaired) electrons. The molecule has 0 fully saturated rings. The molecule has 7 rings (SSSR count). The quantitative estimate of drug-likeness (QED) is 0.124. The SMILES string of the molecule is Cc1cc(Oc2ccc(C3(c4ccc(Oc5ccc([N+](=O)[O-])c(C)c5)cc4)c4ccccc4-c4ccccc43)cc2)ccc1[N+](=O)[O-]. The smallest absolute Gasteiger partial charge is 0.272 e. The maximum absolute atomic E-state index is 11.3. The summed E-state index contributed by atoms with van der Waals surface area (Å²) in [6.07, 6.45) is 0. The van der Waals surface area contributed by atoms with Crippen LogP contribution in [0.2, 0.25) is 0 Å². The van der Waals surface area contributed by atoms with Gasteiger partial charge in [-0.3, -0.25) is 20.2 Å². The summed E-state index contributed by atoms with van der Waals surface area (Å²) in [5, 5.41) is 22.5. The molecule has 6 aromatic carbocycles. The highest BCUT2D eigenvalue weighted by molar-refractivity contribution is 5.86. The minimum Gasteiger partial charge on any atom is -0.457 e. The zero-order valence-electron chi connectivity index (χ0n) is 25.5. The van der Waals surface area contributed by atoms with Gasteiger partial charge in [-0.05, 0) is 95.8 Å². The van der Waals surface area contributed by atoms with Gasteiger partial charge in [-0.25, -0.2) is 0 Å². The van der Waals surface area contributed by atoms with Crippen LogP contribution in [0.5, 0.6) is 23.0 Å². The number of nitro groups is 2. The second-order valence-corrected chi connectivity index (χ2v) is 11.5. The molecule has 6 aromatic rings. The van der Waals surface area contributed by atoms with Crippen molar-refractivity contribution in [3.05, 3.63) is 187 Å². The summed E-state index contributed by atoms with van der Waals surface area (Å²) in [6.45, 7) is 3.38. The first-order valence-corrected chi connectivity index (χ1v) is 15.0. The number of aryl methyl sites for hydroxylation is 2. The Bertz CT molecular complexity index is 2020. The molecule has 8 heteroatoms. The zero-order chi connectivity index (χ0) is 32.7. The van der Waals surface area contributed by atoms with Gasteiger partial charge in [-0.1, -0.05) is 72.8 Å². The summed E-state index contributed by atoms with van der Waals surface area (Å²) >= 11 is 0. The van der Waals surface area contributed by atoms with Crippen molar-refractivity contribution in [1.29, 1.82) is 0 Å². The van der Waals surface area contributed by atoms with Crippen LogP contribution in [0, 0.1) is 34.1 Å². The normalized spacial score (nSPS) is 12.6. The van der Waals surface area contributed by atoms with Crippen LogP contribution in [0.15, 0.2) is 133 Å². The summed E-state index contributed by atoms with van der Waals surface area (Å²) in [5.41, 5.74) is 7.22. The number of fused-ring (bicyclic) bond motifs is 3. The highest BCUT2D eigenvalue weighted by Crippen LogP contribution is 2.56. The van der Waals surface area contributed by atoms with E-state index in [0.717, 1.165) is 33.4 Å². The molecule has 0 bridgehead atoms. The van der Waals surface area contributed by atoms with E-state index in [2.05, 4.69) is 72.8 Å². The van der Waals surface area contributed by atoms with E-state index in [1.165, 1.54) is 12.1 Å². The predicted octanol–water partition coefficient (Wildman–Crippen LogP) is 10.1. The number of ether oxygens (including phenoxy) is 2. The van der Waals surface area contributed by atoms with Gasteiger partial charge in [0.2, 0.25) is 0 Å². The van der Waals surface area contributed by atoms with Gasteiger partial charge in [-0.15, -0.1) is 0 Å². The van der Waals surface area contributed by atoms with Crippen LogP contribution < -0.4 is 9.47 Å². The van der Waals surface area contributed by atoms with E-state index < -0.39 is 15.3 Å². The predicted molar refractivity (Wildman–Crippen MR) is 180 cm³/mol. The third-order valence-corrected chi connectivity index (χ3v) is 8.73. The molecule has 0 N–H and O–H groups in total. The van der Waals surface area contributed by atoms with Crippen LogP contribution in [0.4, 0.5) is 11.4 Å². The van der Waals surface area contributed by atoms with E-state index >= 15 is 0 Å².